The van der Waals surface area contributed by atoms with E-state index in [1.54, 1.807) is 0 Å². The van der Waals surface area contributed by atoms with Crippen LogP contribution >= 0.6 is 0 Å². The lowest BCUT2D eigenvalue weighted by Crippen LogP contribution is -2.38. The zero-order chi connectivity index (χ0) is 15.1. The molecule has 2 atom stereocenters. The number of rotatable bonds is 7. The SMILES string of the molecule is Cc1ccccc1OCCCC(=O)NC1CCCC1CO. The molecule has 0 aliphatic heterocycles. The number of para-hydroxylation sites is 1. The highest BCUT2D eigenvalue weighted by molar-refractivity contribution is 5.76. The standard InChI is InChI=1S/C17H25NO3/c1-13-6-2-3-9-16(13)21-11-5-10-17(20)18-15-8-4-7-14(15)12-19/h2-3,6,9,14-15,19H,4-5,7-8,10-12H2,1H3,(H,18,20). The van der Waals surface area contributed by atoms with Crippen LogP contribution in [0.5, 0.6) is 5.75 Å². The molecule has 0 heterocycles. The first kappa shape index (κ1) is 15.8. The van der Waals surface area contributed by atoms with Gasteiger partial charge in [0, 0.05) is 25.0 Å². The number of amides is 1. The number of ether oxygens (including phenoxy) is 1. The zero-order valence-corrected chi connectivity index (χ0v) is 12.7. The van der Waals surface area contributed by atoms with Crippen molar-refractivity contribution in [1.82, 2.24) is 5.32 Å². The van der Waals surface area contributed by atoms with E-state index in [2.05, 4.69) is 5.32 Å². The molecule has 2 rings (SSSR count). The van der Waals surface area contributed by atoms with Gasteiger partial charge in [0.1, 0.15) is 5.75 Å². The van der Waals surface area contributed by atoms with Crippen LogP contribution in [0, 0.1) is 12.8 Å². The first-order valence-electron chi connectivity index (χ1n) is 7.79. The quantitative estimate of drug-likeness (QED) is 0.759. The van der Waals surface area contributed by atoms with Gasteiger partial charge in [-0.15, -0.1) is 0 Å². The van der Waals surface area contributed by atoms with Crippen molar-refractivity contribution >= 4 is 5.91 Å². The van der Waals surface area contributed by atoms with E-state index in [-0.39, 0.29) is 24.5 Å². The fourth-order valence-corrected chi connectivity index (χ4v) is 2.86. The summed E-state index contributed by atoms with van der Waals surface area (Å²) in [6.45, 7) is 2.73. The predicted molar refractivity (Wildman–Crippen MR) is 82.3 cm³/mol. The number of carbonyl (C=O) groups excluding carboxylic acids is 1. The van der Waals surface area contributed by atoms with Crippen LogP contribution in [0.3, 0.4) is 0 Å². The molecule has 21 heavy (non-hydrogen) atoms. The number of aliphatic hydroxyl groups excluding tert-OH is 1. The van der Waals surface area contributed by atoms with Crippen LogP contribution in [0.25, 0.3) is 0 Å². The molecule has 116 valence electrons. The lowest BCUT2D eigenvalue weighted by molar-refractivity contribution is -0.122. The second kappa shape index (κ2) is 8.03. The van der Waals surface area contributed by atoms with Crippen molar-refractivity contribution in [3.05, 3.63) is 29.8 Å². The Morgan fingerprint density at radius 3 is 2.95 bits per heavy atom. The van der Waals surface area contributed by atoms with Crippen LogP contribution in [0.2, 0.25) is 0 Å². The third-order valence-corrected chi connectivity index (χ3v) is 4.14. The Hall–Kier alpha value is -1.55. The number of aryl methyl sites for hydroxylation is 1. The number of hydrogen-bond acceptors (Lipinski definition) is 3. The van der Waals surface area contributed by atoms with E-state index in [9.17, 15) is 9.90 Å². The summed E-state index contributed by atoms with van der Waals surface area (Å²) in [6.07, 6.45) is 4.26. The highest BCUT2D eigenvalue weighted by Crippen LogP contribution is 2.25. The molecule has 2 unspecified atom stereocenters. The minimum Gasteiger partial charge on any atom is -0.493 e. The Morgan fingerprint density at radius 1 is 1.38 bits per heavy atom. The molecule has 1 aromatic carbocycles. The topological polar surface area (TPSA) is 58.6 Å². The summed E-state index contributed by atoms with van der Waals surface area (Å²) in [5.74, 6) is 1.18. The molecule has 0 radical (unpaired) electrons. The van der Waals surface area contributed by atoms with Crippen molar-refractivity contribution in [2.75, 3.05) is 13.2 Å². The van der Waals surface area contributed by atoms with Gasteiger partial charge in [-0.05, 0) is 37.8 Å². The number of benzene rings is 1. The van der Waals surface area contributed by atoms with Crippen LogP contribution in [-0.4, -0.2) is 30.3 Å². The van der Waals surface area contributed by atoms with Crippen LogP contribution in [-0.2, 0) is 4.79 Å². The third-order valence-electron chi connectivity index (χ3n) is 4.14. The van der Waals surface area contributed by atoms with Gasteiger partial charge in [0.2, 0.25) is 5.91 Å². The number of hydrogen-bond donors (Lipinski definition) is 2. The zero-order valence-electron chi connectivity index (χ0n) is 12.7. The molecule has 2 N–H and O–H groups in total. The van der Waals surface area contributed by atoms with Crippen molar-refractivity contribution in [3.8, 4) is 5.75 Å². The maximum Gasteiger partial charge on any atom is 0.220 e. The normalized spacial score (nSPS) is 21.2. The Bertz CT molecular complexity index is 461. The Labute approximate surface area is 126 Å². The van der Waals surface area contributed by atoms with Crippen molar-refractivity contribution in [1.29, 1.82) is 0 Å². The van der Waals surface area contributed by atoms with Gasteiger partial charge in [-0.25, -0.2) is 0 Å². The summed E-state index contributed by atoms with van der Waals surface area (Å²) in [5, 5.41) is 12.3. The number of nitrogens with one attached hydrogen (secondary N) is 1. The first-order valence-corrected chi connectivity index (χ1v) is 7.79. The highest BCUT2D eigenvalue weighted by atomic mass is 16.5. The van der Waals surface area contributed by atoms with E-state index >= 15 is 0 Å². The summed E-state index contributed by atoms with van der Waals surface area (Å²) in [6, 6.07) is 8.04. The number of aliphatic hydroxyl groups is 1. The molecule has 1 aliphatic rings. The second-order valence-electron chi connectivity index (χ2n) is 5.77. The molecule has 0 saturated heterocycles. The highest BCUT2D eigenvalue weighted by Gasteiger charge is 2.27. The summed E-state index contributed by atoms with van der Waals surface area (Å²) in [4.78, 5) is 11.9. The first-order chi connectivity index (χ1) is 10.2. The summed E-state index contributed by atoms with van der Waals surface area (Å²) >= 11 is 0. The molecule has 1 aromatic rings. The second-order valence-corrected chi connectivity index (χ2v) is 5.77. The molecule has 4 heteroatoms. The minimum atomic E-state index is 0.0636. The maximum absolute atomic E-state index is 11.9. The fourth-order valence-electron chi connectivity index (χ4n) is 2.86. The molecule has 0 aromatic heterocycles. The molecular weight excluding hydrogens is 266 g/mol. The van der Waals surface area contributed by atoms with Crippen LogP contribution in [0.15, 0.2) is 24.3 Å². The van der Waals surface area contributed by atoms with E-state index in [1.165, 1.54) is 0 Å². The van der Waals surface area contributed by atoms with Gasteiger partial charge in [0.05, 0.1) is 6.61 Å². The molecule has 0 bridgehead atoms. The van der Waals surface area contributed by atoms with Gasteiger partial charge in [0.25, 0.3) is 0 Å². The van der Waals surface area contributed by atoms with E-state index in [1.807, 2.05) is 31.2 Å². The maximum atomic E-state index is 11.9. The average molecular weight is 291 g/mol. The predicted octanol–water partition coefficient (Wildman–Crippen LogP) is 2.43. The largest absolute Gasteiger partial charge is 0.493 e. The van der Waals surface area contributed by atoms with Gasteiger partial charge in [0.15, 0.2) is 0 Å². The van der Waals surface area contributed by atoms with E-state index < -0.39 is 0 Å². The van der Waals surface area contributed by atoms with Crippen LogP contribution in [0.4, 0.5) is 0 Å². The molecule has 0 spiro atoms. The van der Waals surface area contributed by atoms with Crippen LogP contribution < -0.4 is 10.1 Å². The van der Waals surface area contributed by atoms with Crippen molar-refractivity contribution in [2.45, 2.75) is 45.1 Å². The van der Waals surface area contributed by atoms with Crippen molar-refractivity contribution in [3.63, 3.8) is 0 Å². The van der Waals surface area contributed by atoms with E-state index in [0.717, 1.165) is 30.6 Å². The molecular formula is C17H25NO3. The summed E-state index contributed by atoms with van der Waals surface area (Å²) in [7, 11) is 0. The third kappa shape index (κ3) is 4.74. The molecule has 1 amide bonds. The van der Waals surface area contributed by atoms with Gasteiger partial charge in [-0.1, -0.05) is 24.6 Å². The molecule has 1 fully saturated rings. The van der Waals surface area contributed by atoms with Crippen molar-refractivity contribution < 1.29 is 14.6 Å². The number of carbonyl (C=O) groups is 1. The van der Waals surface area contributed by atoms with E-state index in [0.29, 0.717) is 19.4 Å². The van der Waals surface area contributed by atoms with Gasteiger partial charge < -0.3 is 15.2 Å². The monoisotopic (exact) mass is 291 g/mol. The Morgan fingerprint density at radius 2 is 2.19 bits per heavy atom. The molecule has 1 aliphatic carbocycles. The van der Waals surface area contributed by atoms with E-state index in [4.69, 9.17) is 4.74 Å². The van der Waals surface area contributed by atoms with Gasteiger partial charge in [-0.2, -0.15) is 0 Å². The van der Waals surface area contributed by atoms with Crippen LogP contribution in [0.1, 0.15) is 37.7 Å². The lowest BCUT2D eigenvalue weighted by atomic mass is 10.0. The Balaban J connectivity index is 1.64. The van der Waals surface area contributed by atoms with Crippen molar-refractivity contribution in [2.24, 2.45) is 5.92 Å². The minimum absolute atomic E-state index is 0.0636. The lowest BCUT2D eigenvalue weighted by Gasteiger charge is -2.19. The Kier molecular flexibility index (Phi) is 6.05. The molecule has 1 saturated carbocycles. The summed E-state index contributed by atoms with van der Waals surface area (Å²) < 4.78 is 5.68. The smallest absolute Gasteiger partial charge is 0.220 e. The average Bonchev–Trinajstić information content (AvgIpc) is 2.92. The summed E-state index contributed by atoms with van der Waals surface area (Å²) in [5.41, 5.74) is 1.11. The fraction of sp³-hybridized carbons (Fsp3) is 0.588. The van der Waals surface area contributed by atoms with Gasteiger partial charge >= 0.3 is 0 Å². The van der Waals surface area contributed by atoms with Gasteiger partial charge in [-0.3, -0.25) is 4.79 Å². The molecule has 4 nitrogen and oxygen atoms in total.